The Balaban J connectivity index is 1.66. The van der Waals surface area contributed by atoms with Crippen LogP contribution in [-0.2, 0) is 4.74 Å². The molecule has 144 valence electrons. The molecule has 0 saturated heterocycles. The van der Waals surface area contributed by atoms with Crippen molar-refractivity contribution in [1.29, 1.82) is 0 Å². The van der Waals surface area contributed by atoms with Crippen LogP contribution < -0.4 is 15.0 Å². The molecule has 28 heavy (non-hydrogen) atoms. The topological polar surface area (TPSA) is 80.8 Å². The molecule has 0 spiro atoms. The number of ether oxygens (including phenoxy) is 2. The van der Waals surface area contributed by atoms with Crippen molar-refractivity contribution >= 4 is 34.2 Å². The highest BCUT2D eigenvalue weighted by Crippen LogP contribution is 2.30. The lowest BCUT2D eigenvalue weighted by Crippen LogP contribution is -2.31. The molecule has 0 aliphatic rings. The number of anilines is 2. The van der Waals surface area contributed by atoms with E-state index >= 15 is 0 Å². The summed E-state index contributed by atoms with van der Waals surface area (Å²) in [7, 11) is 2.85. The second kappa shape index (κ2) is 8.49. The van der Waals surface area contributed by atoms with Crippen LogP contribution >= 0.6 is 11.3 Å². The van der Waals surface area contributed by atoms with Crippen LogP contribution in [0.3, 0.4) is 0 Å². The smallest absolute Gasteiger partial charge is 0.337 e. The van der Waals surface area contributed by atoms with Crippen molar-refractivity contribution in [3.05, 3.63) is 66.1 Å². The van der Waals surface area contributed by atoms with Gasteiger partial charge >= 0.3 is 12.0 Å². The van der Waals surface area contributed by atoms with Gasteiger partial charge in [-0.05, 0) is 30.3 Å². The molecule has 7 nitrogen and oxygen atoms in total. The molecule has 2 aromatic carbocycles. The molecule has 0 aliphatic heterocycles. The lowest BCUT2D eigenvalue weighted by molar-refractivity contribution is 0.0600. The number of amides is 2. The van der Waals surface area contributed by atoms with Crippen LogP contribution in [0.2, 0.25) is 0 Å². The Kier molecular flexibility index (Phi) is 5.85. The maximum Gasteiger partial charge on any atom is 0.337 e. The van der Waals surface area contributed by atoms with Crippen molar-refractivity contribution in [1.82, 2.24) is 4.98 Å². The lowest BCUT2D eigenvalue weighted by atomic mass is 10.2. The summed E-state index contributed by atoms with van der Waals surface area (Å²) in [6, 6.07) is 11.7. The van der Waals surface area contributed by atoms with E-state index in [-0.39, 0.29) is 0 Å². The second-order valence-corrected chi connectivity index (χ2v) is 6.57. The second-order valence-electron chi connectivity index (χ2n) is 5.57. The molecule has 3 rings (SSSR count). The fourth-order valence-corrected chi connectivity index (χ4v) is 2.94. The van der Waals surface area contributed by atoms with E-state index in [2.05, 4.69) is 15.0 Å². The fourth-order valence-electron chi connectivity index (χ4n) is 2.26. The number of hydrogen-bond donors (Lipinski definition) is 1. The minimum Gasteiger partial charge on any atom is -0.465 e. The van der Waals surface area contributed by atoms with Gasteiger partial charge < -0.3 is 9.47 Å². The van der Waals surface area contributed by atoms with E-state index < -0.39 is 17.8 Å². The highest BCUT2D eigenvalue weighted by molar-refractivity contribution is 7.17. The molecule has 0 fully saturated rings. The summed E-state index contributed by atoms with van der Waals surface area (Å²) in [4.78, 5) is 29.5. The van der Waals surface area contributed by atoms with E-state index in [4.69, 9.17) is 4.74 Å². The minimum absolute atomic E-state index is 0.312. The number of methoxy groups -OCH3 is 1. The molecular weight excluding hydrogens is 385 g/mol. The Bertz CT molecular complexity index is 1010. The SMILES string of the molecule is COC(=O)c1cccc(N(C)C(=O)Nc2ncc(Oc3cccc(F)c3)s2)c1. The standard InChI is InChI=1S/C19H16FN3O4S/c1-23(14-7-3-5-12(9-14)17(24)26-2)19(25)22-18-21-11-16(28-18)27-15-8-4-6-13(20)10-15/h3-11H,1-2H3,(H,21,22,25). The normalized spacial score (nSPS) is 10.2. The summed E-state index contributed by atoms with van der Waals surface area (Å²) in [5.41, 5.74) is 0.841. The summed E-state index contributed by atoms with van der Waals surface area (Å²) >= 11 is 1.10. The predicted molar refractivity (Wildman–Crippen MR) is 104 cm³/mol. The molecule has 0 saturated carbocycles. The van der Waals surface area contributed by atoms with Crippen molar-refractivity contribution in [2.75, 3.05) is 24.4 Å². The molecule has 2 amide bonds. The first kappa shape index (κ1) is 19.3. The largest absolute Gasteiger partial charge is 0.465 e. The molecule has 1 aromatic heterocycles. The van der Waals surface area contributed by atoms with Gasteiger partial charge in [-0.25, -0.2) is 19.0 Å². The van der Waals surface area contributed by atoms with Crippen LogP contribution in [0.1, 0.15) is 10.4 Å². The van der Waals surface area contributed by atoms with Gasteiger partial charge in [0, 0.05) is 18.8 Å². The van der Waals surface area contributed by atoms with Gasteiger partial charge in [-0.15, -0.1) is 0 Å². The van der Waals surface area contributed by atoms with Crippen molar-refractivity contribution < 1.29 is 23.5 Å². The van der Waals surface area contributed by atoms with Gasteiger partial charge in [0.1, 0.15) is 11.6 Å². The lowest BCUT2D eigenvalue weighted by Gasteiger charge is -2.17. The number of benzene rings is 2. The van der Waals surface area contributed by atoms with E-state index in [0.29, 0.717) is 27.2 Å². The number of nitrogens with one attached hydrogen (secondary N) is 1. The van der Waals surface area contributed by atoms with Gasteiger partial charge in [-0.2, -0.15) is 0 Å². The zero-order valence-corrected chi connectivity index (χ0v) is 15.8. The number of esters is 1. The molecular formula is C19H16FN3O4S. The Morgan fingerprint density at radius 2 is 1.96 bits per heavy atom. The number of urea groups is 1. The third kappa shape index (κ3) is 4.63. The highest BCUT2D eigenvalue weighted by atomic mass is 32.1. The first-order chi connectivity index (χ1) is 13.5. The highest BCUT2D eigenvalue weighted by Gasteiger charge is 2.15. The molecule has 0 atom stereocenters. The van der Waals surface area contributed by atoms with Gasteiger partial charge in [0.05, 0.1) is 18.9 Å². The molecule has 0 unspecified atom stereocenters. The van der Waals surface area contributed by atoms with Gasteiger partial charge in [-0.3, -0.25) is 10.2 Å². The number of carbonyl (C=O) groups excluding carboxylic acids is 2. The fraction of sp³-hybridized carbons (Fsp3) is 0.105. The summed E-state index contributed by atoms with van der Waals surface area (Å²) in [6.45, 7) is 0. The Morgan fingerprint density at radius 1 is 1.18 bits per heavy atom. The molecule has 0 aliphatic carbocycles. The van der Waals surface area contributed by atoms with Gasteiger partial charge in [0.25, 0.3) is 0 Å². The number of carbonyl (C=O) groups is 2. The molecule has 0 bridgehead atoms. The van der Waals surface area contributed by atoms with Gasteiger partial charge in [0.15, 0.2) is 5.13 Å². The van der Waals surface area contributed by atoms with E-state index in [0.717, 1.165) is 11.3 Å². The molecule has 9 heteroatoms. The number of aromatic nitrogens is 1. The average molecular weight is 401 g/mol. The Hall–Kier alpha value is -3.46. The van der Waals surface area contributed by atoms with Gasteiger partial charge in [-0.1, -0.05) is 23.5 Å². The molecule has 3 aromatic rings. The van der Waals surface area contributed by atoms with Crippen LogP contribution in [0.4, 0.5) is 20.0 Å². The maximum absolute atomic E-state index is 13.2. The van der Waals surface area contributed by atoms with E-state index in [1.165, 1.54) is 36.4 Å². The third-order valence-corrected chi connectivity index (χ3v) is 4.46. The predicted octanol–water partition coefficient (Wildman–Crippen LogP) is 4.53. The number of hydrogen-bond acceptors (Lipinski definition) is 6. The van der Waals surface area contributed by atoms with Crippen molar-refractivity contribution in [3.8, 4) is 10.8 Å². The van der Waals surface area contributed by atoms with Crippen LogP contribution in [0.5, 0.6) is 10.8 Å². The molecule has 0 radical (unpaired) electrons. The number of thiazole rings is 1. The average Bonchev–Trinajstić information content (AvgIpc) is 3.13. The summed E-state index contributed by atoms with van der Waals surface area (Å²) in [6.07, 6.45) is 1.43. The molecule has 1 N–H and O–H groups in total. The summed E-state index contributed by atoms with van der Waals surface area (Å²) < 4.78 is 23.4. The van der Waals surface area contributed by atoms with Crippen LogP contribution in [0.15, 0.2) is 54.7 Å². The van der Waals surface area contributed by atoms with Crippen molar-refractivity contribution in [2.24, 2.45) is 0 Å². The van der Waals surface area contributed by atoms with Crippen molar-refractivity contribution in [2.45, 2.75) is 0 Å². The van der Waals surface area contributed by atoms with Crippen molar-refractivity contribution in [3.63, 3.8) is 0 Å². The van der Waals surface area contributed by atoms with Gasteiger partial charge in [0.2, 0.25) is 5.06 Å². The van der Waals surface area contributed by atoms with Crippen LogP contribution in [0.25, 0.3) is 0 Å². The van der Waals surface area contributed by atoms with E-state index in [1.807, 2.05) is 0 Å². The quantitative estimate of drug-likeness (QED) is 0.636. The van der Waals surface area contributed by atoms with E-state index in [9.17, 15) is 14.0 Å². The molecule has 1 heterocycles. The third-order valence-electron chi connectivity index (χ3n) is 3.67. The zero-order chi connectivity index (χ0) is 20.1. The Morgan fingerprint density at radius 3 is 2.71 bits per heavy atom. The maximum atomic E-state index is 13.2. The van der Waals surface area contributed by atoms with E-state index in [1.54, 1.807) is 37.4 Å². The summed E-state index contributed by atoms with van der Waals surface area (Å²) in [5.74, 6) is -0.570. The number of rotatable bonds is 5. The number of nitrogens with zero attached hydrogens (tertiary/aromatic N) is 2. The summed E-state index contributed by atoms with van der Waals surface area (Å²) in [5, 5.41) is 3.36. The first-order valence-electron chi connectivity index (χ1n) is 8.08. The monoisotopic (exact) mass is 401 g/mol. The van der Waals surface area contributed by atoms with Crippen LogP contribution in [-0.4, -0.2) is 31.1 Å². The first-order valence-corrected chi connectivity index (χ1v) is 8.90. The van der Waals surface area contributed by atoms with Crippen LogP contribution in [0, 0.1) is 5.82 Å². The number of halogens is 1. The Labute approximate surface area is 164 Å². The zero-order valence-electron chi connectivity index (χ0n) is 15.0. The minimum atomic E-state index is -0.491.